The summed E-state index contributed by atoms with van der Waals surface area (Å²) >= 11 is 0. The Hall–Kier alpha value is -1.22. The molecule has 20 heavy (non-hydrogen) atoms. The highest BCUT2D eigenvalue weighted by atomic mass is 32.2. The number of rotatable bonds is 5. The molecule has 1 aromatic heterocycles. The van der Waals surface area contributed by atoms with Crippen LogP contribution in [-0.2, 0) is 10.2 Å². The Morgan fingerprint density at radius 1 is 1.30 bits per heavy atom. The molecule has 0 aliphatic carbocycles. The first-order valence-electron chi connectivity index (χ1n) is 6.38. The van der Waals surface area contributed by atoms with Gasteiger partial charge in [0.05, 0.1) is 12.8 Å². The molecule has 0 radical (unpaired) electrons. The van der Waals surface area contributed by atoms with Crippen molar-refractivity contribution in [3.63, 3.8) is 0 Å². The zero-order valence-electron chi connectivity index (χ0n) is 11.7. The second kappa shape index (κ2) is 6.04. The van der Waals surface area contributed by atoms with Gasteiger partial charge < -0.3 is 4.42 Å². The first-order chi connectivity index (χ1) is 9.41. The molecule has 8 heteroatoms. The van der Waals surface area contributed by atoms with Crippen molar-refractivity contribution in [2.75, 3.05) is 46.8 Å². The number of hydrogen-bond donors (Lipinski definition) is 0. The van der Waals surface area contributed by atoms with Crippen molar-refractivity contribution in [2.45, 2.75) is 0 Å². The minimum atomic E-state index is -3.36. The molecule has 0 amide bonds. The van der Waals surface area contributed by atoms with Crippen LogP contribution in [0.4, 0.5) is 0 Å². The van der Waals surface area contributed by atoms with E-state index in [9.17, 15) is 13.2 Å². The van der Waals surface area contributed by atoms with Crippen LogP contribution in [-0.4, -0.2) is 74.5 Å². The SMILES string of the molecule is CN(C)S(=O)(=O)N1CCN(CC(=O)c2ccco2)CC1. The number of Topliss-reactive ketones (excluding diaryl/α,β-unsaturated/α-hetero) is 1. The number of hydrogen-bond acceptors (Lipinski definition) is 5. The Labute approximate surface area is 118 Å². The zero-order valence-corrected chi connectivity index (χ0v) is 12.5. The molecule has 1 aromatic rings. The van der Waals surface area contributed by atoms with Crippen LogP contribution in [0, 0.1) is 0 Å². The molecule has 1 aliphatic rings. The number of furan rings is 1. The highest BCUT2D eigenvalue weighted by Gasteiger charge is 2.29. The van der Waals surface area contributed by atoms with Gasteiger partial charge in [-0.1, -0.05) is 0 Å². The highest BCUT2D eigenvalue weighted by molar-refractivity contribution is 7.86. The van der Waals surface area contributed by atoms with Crippen molar-refractivity contribution in [3.05, 3.63) is 24.2 Å². The van der Waals surface area contributed by atoms with Crippen LogP contribution in [0.2, 0.25) is 0 Å². The quantitative estimate of drug-likeness (QED) is 0.709. The van der Waals surface area contributed by atoms with Crippen molar-refractivity contribution in [2.24, 2.45) is 0 Å². The van der Waals surface area contributed by atoms with Crippen molar-refractivity contribution < 1.29 is 17.6 Å². The van der Waals surface area contributed by atoms with E-state index in [0.29, 0.717) is 31.9 Å². The van der Waals surface area contributed by atoms with E-state index >= 15 is 0 Å². The predicted octanol–water partition coefficient (Wildman–Crippen LogP) is -0.114. The average Bonchev–Trinajstić information content (AvgIpc) is 2.93. The van der Waals surface area contributed by atoms with Gasteiger partial charge in [-0.25, -0.2) is 0 Å². The largest absolute Gasteiger partial charge is 0.461 e. The fraction of sp³-hybridized carbons (Fsp3) is 0.583. The molecule has 1 fully saturated rings. The van der Waals surface area contributed by atoms with E-state index in [1.54, 1.807) is 12.1 Å². The van der Waals surface area contributed by atoms with E-state index in [1.165, 1.54) is 29.0 Å². The normalized spacial score (nSPS) is 18.6. The standard InChI is InChI=1S/C12H19N3O4S/c1-13(2)20(17,18)15-7-5-14(6-8-15)10-11(16)12-4-3-9-19-12/h3-4,9H,5-8,10H2,1-2H3. The number of carbonyl (C=O) groups excluding carboxylic acids is 1. The number of ketones is 1. The molecule has 7 nitrogen and oxygen atoms in total. The van der Waals surface area contributed by atoms with E-state index in [2.05, 4.69) is 0 Å². The van der Waals surface area contributed by atoms with Gasteiger partial charge >= 0.3 is 0 Å². The molecular formula is C12H19N3O4S. The van der Waals surface area contributed by atoms with Gasteiger partial charge in [-0.3, -0.25) is 9.69 Å². The van der Waals surface area contributed by atoms with Crippen LogP contribution >= 0.6 is 0 Å². The summed E-state index contributed by atoms with van der Waals surface area (Å²) in [5.74, 6) is 0.257. The third-order valence-electron chi connectivity index (χ3n) is 3.28. The summed E-state index contributed by atoms with van der Waals surface area (Å²) in [4.78, 5) is 13.8. The van der Waals surface area contributed by atoms with Crippen LogP contribution in [0.5, 0.6) is 0 Å². The second-order valence-corrected chi connectivity index (χ2v) is 7.01. The predicted molar refractivity (Wildman–Crippen MR) is 73.7 cm³/mol. The van der Waals surface area contributed by atoms with Crippen molar-refractivity contribution >= 4 is 16.0 Å². The highest BCUT2D eigenvalue weighted by Crippen LogP contribution is 2.10. The Bertz CT molecular complexity index is 545. The summed E-state index contributed by atoms with van der Waals surface area (Å²) in [6.07, 6.45) is 1.47. The molecule has 0 N–H and O–H groups in total. The lowest BCUT2D eigenvalue weighted by Gasteiger charge is -2.34. The molecule has 0 atom stereocenters. The van der Waals surface area contributed by atoms with Crippen LogP contribution in [0.3, 0.4) is 0 Å². The van der Waals surface area contributed by atoms with Crippen molar-refractivity contribution in [1.82, 2.24) is 13.5 Å². The summed E-state index contributed by atoms with van der Waals surface area (Å²) in [7, 11) is -0.326. The van der Waals surface area contributed by atoms with E-state index in [1.807, 2.05) is 4.90 Å². The lowest BCUT2D eigenvalue weighted by molar-refractivity contribution is 0.0873. The van der Waals surface area contributed by atoms with Gasteiger partial charge in [-0.05, 0) is 12.1 Å². The number of nitrogens with zero attached hydrogens (tertiary/aromatic N) is 3. The Kier molecular flexibility index (Phi) is 4.59. The molecule has 0 bridgehead atoms. The molecular weight excluding hydrogens is 282 g/mol. The first kappa shape index (κ1) is 15.2. The third-order valence-corrected chi connectivity index (χ3v) is 5.22. The van der Waals surface area contributed by atoms with E-state index in [0.717, 1.165) is 0 Å². The van der Waals surface area contributed by atoms with Crippen LogP contribution in [0.15, 0.2) is 22.8 Å². The maximum Gasteiger partial charge on any atom is 0.281 e. The van der Waals surface area contributed by atoms with Crippen LogP contribution < -0.4 is 0 Å². The molecule has 1 aliphatic heterocycles. The Morgan fingerprint density at radius 3 is 2.45 bits per heavy atom. The molecule has 0 aromatic carbocycles. The lowest BCUT2D eigenvalue weighted by atomic mass is 10.2. The summed E-state index contributed by atoms with van der Waals surface area (Å²) in [5.41, 5.74) is 0. The molecule has 2 rings (SSSR count). The molecule has 1 saturated heterocycles. The fourth-order valence-corrected chi connectivity index (χ4v) is 3.15. The molecule has 0 spiro atoms. The molecule has 2 heterocycles. The topological polar surface area (TPSA) is 74.1 Å². The minimum Gasteiger partial charge on any atom is -0.461 e. The maximum atomic E-state index is 12.0. The van der Waals surface area contributed by atoms with E-state index < -0.39 is 10.2 Å². The monoisotopic (exact) mass is 301 g/mol. The van der Waals surface area contributed by atoms with Crippen molar-refractivity contribution in [1.29, 1.82) is 0 Å². The lowest BCUT2D eigenvalue weighted by Crippen LogP contribution is -2.52. The smallest absolute Gasteiger partial charge is 0.281 e. The average molecular weight is 301 g/mol. The summed E-state index contributed by atoms with van der Waals surface area (Å²) in [6, 6.07) is 3.31. The third kappa shape index (κ3) is 3.26. The summed E-state index contributed by atoms with van der Waals surface area (Å²) < 4.78 is 31.6. The molecule has 0 saturated carbocycles. The van der Waals surface area contributed by atoms with Gasteiger partial charge in [0.15, 0.2) is 5.76 Å². The fourth-order valence-electron chi connectivity index (χ4n) is 2.07. The maximum absolute atomic E-state index is 12.0. The van der Waals surface area contributed by atoms with Gasteiger partial charge in [0, 0.05) is 40.3 Å². The molecule has 112 valence electrons. The Morgan fingerprint density at radius 2 is 1.95 bits per heavy atom. The van der Waals surface area contributed by atoms with Crippen LogP contribution in [0.1, 0.15) is 10.6 Å². The Balaban J connectivity index is 1.88. The van der Waals surface area contributed by atoms with Gasteiger partial charge in [-0.15, -0.1) is 0 Å². The number of piperazine rings is 1. The van der Waals surface area contributed by atoms with Gasteiger partial charge in [0.2, 0.25) is 5.78 Å². The van der Waals surface area contributed by atoms with Gasteiger partial charge in [0.1, 0.15) is 0 Å². The van der Waals surface area contributed by atoms with Crippen LogP contribution in [0.25, 0.3) is 0 Å². The second-order valence-electron chi connectivity index (χ2n) is 4.87. The van der Waals surface area contributed by atoms with E-state index in [-0.39, 0.29) is 12.3 Å². The number of carbonyl (C=O) groups is 1. The summed E-state index contributed by atoms with van der Waals surface area (Å²) in [6.45, 7) is 2.13. The summed E-state index contributed by atoms with van der Waals surface area (Å²) in [5, 5.41) is 0. The first-order valence-corrected chi connectivity index (χ1v) is 7.77. The van der Waals surface area contributed by atoms with Gasteiger partial charge in [0.25, 0.3) is 10.2 Å². The molecule has 0 unspecified atom stereocenters. The van der Waals surface area contributed by atoms with Crippen molar-refractivity contribution in [3.8, 4) is 0 Å². The van der Waals surface area contributed by atoms with Gasteiger partial charge in [-0.2, -0.15) is 17.0 Å². The zero-order chi connectivity index (χ0) is 14.8. The minimum absolute atomic E-state index is 0.0843. The van der Waals surface area contributed by atoms with E-state index in [4.69, 9.17) is 4.42 Å².